The van der Waals surface area contributed by atoms with Crippen molar-refractivity contribution < 1.29 is 26.3 Å². The van der Waals surface area contributed by atoms with Crippen molar-refractivity contribution >= 4 is 5.97 Å². The maximum absolute atomic E-state index is 10.5. The molecule has 1 atom stereocenters. The first-order chi connectivity index (χ1) is 7.38. The van der Waals surface area contributed by atoms with Gasteiger partial charge in [0.2, 0.25) is 1.43 Å². The molecule has 0 saturated carbocycles. The zero-order valence-corrected chi connectivity index (χ0v) is 6.50. The van der Waals surface area contributed by atoms with Crippen LogP contribution in [0.15, 0.2) is 0 Å². The van der Waals surface area contributed by atoms with Gasteiger partial charge in [0.25, 0.3) is 0 Å². The molecular weight excluding hydrogens is 146 g/mol. The van der Waals surface area contributed by atoms with Crippen LogP contribution in [0.3, 0.4) is 0 Å². The van der Waals surface area contributed by atoms with E-state index in [1.807, 2.05) is 0 Å². The zero-order valence-electron chi connectivity index (χ0n) is 12.5. The molecule has 0 heterocycles. The minimum atomic E-state index is -2.70. The molecule has 0 aromatic carbocycles. The van der Waals surface area contributed by atoms with Crippen LogP contribution >= 0.6 is 0 Å². The van der Waals surface area contributed by atoms with E-state index in [9.17, 15) is 4.79 Å². The second-order valence-corrected chi connectivity index (χ2v) is 2.67. The quantitative estimate of drug-likeness (QED) is 0.546. The zero-order chi connectivity index (χ0) is 14.1. The van der Waals surface area contributed by atoms with Gasteiger partial charge in [-0.15, -0.1) is 0 Å². The number of hydrogen-bond acceptors (Lipinski definition) is 2. The molecule has 0 radical (unpaired) electrons. The fourth-order valence-electron chi connectivity index (χ4n) is 0.564. The van der Waals surface area contributed by atoms with E-state index in [2.05, 4.69) is 5.11 Å². The lowest BCUT2D eigenvalue weighted by molar-refractivity contribution is -0.873. The summed E-state index contributed by atoms with van der Waals surface area (Å²) >= 11 is 0. The molecule has 0 rings (SSSR count). The van der Waals surface area contributed by atoms with E-state index in [0.717, 1.165) is 14.1 Å². The lowest BCUT2D eigenvalue weighted by atomic mass is 10.2. The van der Waals surface area contributed by atoms with Crippen molar-refractivity contribution in [3.05, 3.63) is 0 Å². The Morgan fingerprint density at radius 1 is 1.91 bits per heavy atom. The van der Waals surface area contributed by atoms with Crippen LogP contribution in [0.4, 0.5) is 0 Å². The number of carboxylic acids is 1. The molecule has 4 nitrogen and oxygen atoms in total. The summed E-state index contributed by atoms with van der Waals surface area (Å²) in [6.45, 7) is -5.23. The predicted molar refractivity (Wildman–Crippen MR) is 41.2 cm³/mol. The molecule has 0 saturated heterocycles. The van der Waals surface area contributed by atoms with E-state index in [-0.39, 0.29) is 0 Å². The molecule has 0 amide bonds. The third-order valence-electron chi connectivity index (χ3n) is 0.827. The van der Waals surface area contributed by atoms with Crippen LogP contribution in [0.1, 0.15) is 13.3 Å². The van der Waals surface area contributed by atoms with Gasteiger partial charge in [0, 0.05) is 0 Å². The number of hydrogen-bond donors (Lipinski definition) is 2. The van der Waals surface area contributed by atoms with Crippen LogP contribution in [-0.2, 0) is 4.79 Å². The Labute approximate surface area is 75.2 Å². The van der Waals surface area contributed by atoms with Crippen molar-refractivity contribution in [3.63, 3.8) is 0 Å². The van der Waals surface area contributed by atoms with Gasteiger partial charge in [0.05, 0.1) is 34.3 Å². The molecule has 0 aromatic rings. The van der Waals surface area contributed by atoms with E-state index in [1.54, 1.807) is 0 Å². The van der Waals surface area contributed by atoms with Gasteiger partial charge >= 0.3 is 5.97 Å². The van der Waals surface area contributed by atoms with Gasteiger partial charge in [-0.2, -0.15) is 0 Å². The monoisotopic (exact) mass is 168 g/mol. The molecule has 0 unspecified atom stereocenters. The van der Waals surface area contributed by atoms with Crippen molar-refractivity contribution in [2.24, 2.45) is 0 Å². The number of quaternary nitrogens is 1. The van der Waals surface area contributed by atoms with Crippen LogP contribution in [-0.4, -0.2) is 55.8 Å². The summed E-state index contributed by atoms with van der Waals surface area (Å²) in [4.78, 5) is 10.5. The van der Waals surface area contributed by atoms with Crippen molar-refractivity contribution in [3.8, 4) is 0 Å². The summed E-state index contributed by atoms with van der Waals surface area (Å²) in [7, 11) is 2.20. The van der Waals surface area contributed by atoms with E-state index in [0.29, 0.717) is 0 Å². The second-order valence-electron chi connectivity index (χ2n) is 2.67. The highest BCUT2D eigenvalue weighted by Crippen LogP contribution is 1.98. The molecule has 4 heteroatoms. The Kier molecular flexibility index (Phi) is 1.30. The molecule has 0 aliphatic rings. The Morgan fingerprint density at radius 3 is 2.91 bits per heavy atom. The highest BCUT2D eigenvalue weighted by atomic mass is 16.4. The van der Waals surface area contributed by atoms with Crippen molar-refractivity contribution in [1.29, 1.82) is 1.43 Å². The lowest BCUT2D eigenvalue weighted by Gasteiger charge is -2.25. The van der Waals surface area contributed by atoms with Crippen LogP contribution in [0, 0.1) is 0 Å². The number of aliphatic carboxylic acids is 1. The molecule has 0 spiro atoms. The molecule has 0 aliphatic heterocycles. The summed E-state index contributed by atoms with van der Waals surface area (Å²) < 4.78 is 42.7. The van der Waals surface area contributed by atoms with E-state index >= 15 is 0 Å². The number of carboxylic acid groups (broad SMARTS) is 1. The van der Waals surface area contributed by atoms with Crippen molar-refractivity contribution in [2.75, 3.05) is 27.6 Å². The largest absolute Gasteiger partial charge is 0.481 e. The van der Waals surface area contributed by atoms with Crippen LogP contribution in [0.5, 0.6) is 0 Å². The SMILES string of the molecule is [2H]O[C@H](CC(=O)O)C([2H])([2H])[N+](C)(C)C([2H])([2H])[2H]. The number of nitrogens with zero attached hydrogens (tertiary/aromatic N) is 1. The van der Waals surface area contributed by atoms with Crippen LogP contribution in [0.2, 0.25) is 0 Å². The smallest absolute Gasteiger partial charge is 0.306 e. The number of carbonyl (C=O) groups is 1. The summed E-state index contributed by atoms with van der Waals surface area (Å²) in [6, 6.07) is 0. The third-order valence-corrected chi connectivity index (χ3v) is 0.827. The molecule has 0 aromatic heterocycles. The fourth-order valence-corrected chi connectivity index (χ4v) is 0.564. The van der Waals surface area contributed by atoms with Gasteiger partial charge < -0.3 is 14.7 Å². The molecule has 2 N–H and O–H groups in total. The normalized spacial score (nSPS) is 24.9. The minimum absolute atomic E-state index is 0.783. The first kappa shape index (κ1) is 3.87. The van der Waals surface area contributed by atoms with E-state index < -0.39 is 36.4 Å². The Morgan fingerprint density at radius 2 is 2.55 bits per heavy atom. The maximum atomic E-state index is 10.5. The number of aliphatic hydroxyl groups excluding tert-OH is 1. The highest BCUT2D eigenvalue weighted by Gasteiger charge is 2.17. The summed E-state index contributed by atoms with van der Waals surface area (Å²) in [5, 5.41) is 12.6. The van der Waals surface area contributed by atoms with Crippen LogP contribution in [0.25, 0.3) is 0 Å². The summed E-state index contributed by atoms with van der Waals surface area (Å²) in [5.74, 6) is -1.36. The average Bonchev–Trinajstić information content (AvgIpc) is 2.11. The molecule has 11 heavy (non-hydrogen) atoms. The van der Waals surface area contributed by atoms with Gasteiger partial charge in [0.15, 0.2) is 0 Å². The number of likely N-dealkylation sites (N-methyl/N-ethyl adjacent to an activating group) is 1. The lowest BCUT2D eigenvalue weighted by Crippen LogP contribution is -2.42. The first-order valence-electron chi connectivity index (χ1n) is 5.96. The minimum Gasteiger partial charge on any atom is -0.481 e. The van der Waals surface area contributed by atoms with Gasteiger partial charge in [0.1, 0.15) is 12.6 Å². The molecule has 0 bridgehead atoms. The number of aliphatic hydroxyl groups is 1. The summed E-state index contributed by atoms with van der Waals surface area (Å²) in [6.07, 6.45) is -2.45. The van der Waals surface area contributed by atoms with Crippen LogP contribution < -0.4 is 0 Å². The van der Waals surface area contributed by atoms with Gasteiger partial charge in [-0.25, -0.2) is 0 Å². The second kappa shape index (κ2) is 3.69. The third kappa shape index (κ3) is 7.29. The average molecular weight is 168 g/mol. The summed E-state index contributed by atoms with van der Waals surface area (Å²) in [5.41, 5.74) is 0. The van der Waals surface area contributed by atoms with E-state index in [4.69, 9.17) is 13.4 Å². The molecule has 0 fully saturated rings. The van der Waals surface area contributed by atoms with Gasteiger partial charge in [-0.1, -0.05) is 0 Å². The Hall–Kier alpha value is -0.610. The van der Waals surface area contributed by atoms with Crippen molar-refractivity contribution in [1.82, 2.24) is 0 Å². The highest BCUT2D eigenvalue weighted by molar-refractivity contribution is 5.67. The first-order valence-corrected chi connectivity index (χ1v) is 3.06. The molecule has 66 valence electrons. The van der Waals surface area contributed by atoms with Crippen molar-refractivity contribution in [2.45, 2.75) is 12.5 Å². The number of rotatable bonds is 5. The maximum Gasteiger partial charge on any atom is 0.306 e. The molecule has 0 aliphatic carbocycles. The Bertz CT molecular complexity index is 290. The predicted octanol–water partition coefficient (Wildman–Crippen LogP) is -0.472. The standard InChI is InChI=1S/C7H15NO3/c1-8(2,3)5-6(9)4-7(10)11/h6,9H,4-5H2,1-3H3/p+1/t6-/m1/s1/i1D3,5D2,9D. The van der Waals surface area contributed by atoms with Gasteiger partial charge in [-0.3, -0.25) is 4.79 Å². The fraction of sp³-hybridized carbons (Fsp3) is 0.857. The topological polar surface area (TPSA) is 57.5 Å². The molecular formula is C7H16NO3+. The Balaban J connectivity index is 5.28. The van der Waals surface area contributed by atoms with Gasteiger partial charge in [-0.05, 0) is 0 Å². The van der Waals surface area contributed by atoms with E-state index in [1.165, 1.54) is 0 Å².